The average molecular weight is 396 g/mol. The molecule has 0 bridgehead atoms. The van der Waals surface area contributed by atoms with Crippen molar-refractivity contribution in [3.05, 3.63) is 35.9 Å². The minimum atomic E-state index is -3.89. The van der Waals surface area contributed by atoms with Crippen molar-refractivity contribution < 1.29 is 39.4 Å². The second kappa shape index (κ2) is 8.08. The Bertz CT molecular complexity index is 761. The van der Waals surface area contributed by atoms with E-state index in [1.165, 1.54) is 7.11 Å². The summed E-state index contributed by atoms with van der Waals surface area (Å²) in [5.74, 6) is 0. The maximum absolute atomic E-state index is 11.5. The van der Waals surface area contributed by atoms with E-state index in [1.54, 1.807) is 24.3 Å². The summed E-state index contributed by atoms with van der Waals surface area (Å²) in [5, 5.41) is 0. The fourth-order valence-corrected chi connectivity index (χ4v) is 3.38. The van der Waals surface area contributed by atoms with E-state index in [0.29, 0.717) is 0 Å². The van der Waals surface area contributed by atoms with Crippen LogP contribution in [0.2, 0.25) is 0 Å². The van der Waals surface area contributed by atoms with Gasteiger partial charge in [0.1, 0.15) is 6.10 Å². The first-order valence-electron chi connectivity index (χ1n) is 7.19. The second-order valence-electron chi connectivity index (χ2n) is 5.44. The molecule has 1 aliphatic heterocycles. The molecule has 1 heterocycles. The van der Waals surface area contributed by atoms with Gasteiger partial charge in [0.25, 0.3) is 20.2 Å². The molecule has 1 fully saturated rings. The van der Waals surface area contributed by atoms with Gasteiger partial charge in [-0.1, -0.05) is 30.3 Å². The molecule has 0 radical (unpaired) electrons. The van der Waals surface area contributed by atoms with E-state index < -0.39 is 45.0 Å². The molecule has 4 atom stereocenters. The Balaban J connectivity index is 2.23. The highest BCUT2D eigenvalue weighted by atomic mass is 32.2. The lowest BCUT2D eigenvalue weighted by molar-refractivity contribution is -0.184. The van der Waals surface area contributed by atoms with Crippen molar-refractivity contribution in [1.29, 1.82) is 0 Å². The number of benzene rings is 1. The smallest absolute Gasteiger partial charge is 0.266 e. The molecule has 25 heavy (non-hydrogen) atoms. The van der Waals surface area contributed by atoms with Gasteiger partial charge >= 0.3 is 0 Å². The monoisotopic (exact) mass is 396 g/mol. The van der Waals surface area contributed by atoms with E-state index in [0.717, 1.165) is 18.1 Å². The summed E-state index contributed by atoms with van der Waals surface area (Å²) in [4.78, 5) is 0. The normalized spacial score (nSPS) is 27.5. The third-order valence-corrected chi connectivity index (χ3v) is 4.31. The summed E-state index contributed by atoms with van der Waals surface area (Å²) in [6.07, 6.45) is -3.25. The van der Waals surface area contributed by atoms with Crippen LogP contribution in [0.3, 0.4) is 0 Å². The first kappa shape index (κ1) is 20.2. The SMILES string of the molecule is COC1O[C@H](OS(C)(=O)=O)[C@H](OCc2ccccc2)C1OS(C)(=O)=O. The molecule has 0 saturated carbocycles. The molecule has 0 aromatic heterocycles. The van der Waals surface area contributed by atoms with Crippen molar-refractivity contribution in [3.8, 4) is 0 Å². The molecule has 1 aromatic rings. The Hall–Kier alpha value is -1.08. The zero-order valence-electron chi connectivity index (χ0n) is 13.9. The molecule has 2 rings (SSSR count). The molecule has 0 spiro atoms. The summed E-state index contributed by atoms with van der Waals surface area (Å²) in [6, 6.07) is 9.02. The van der Waals surface area contributed by atoms with Crippen LogP contribution in [0.4, 0.5) is 0 Å². The lowest BCUT2D eigenvalue weighted by Gasteiger charge is -2.22. The fourth-order valence-electron chi connectivity index (χ4n) is 2.28. The largest absolute Gasteiger partial charge is 0.365 e. The van der Waals surface area contributed by atoms with Crippen molar-refractivity contribution in [2.45, 2.75) is 31.4 Å². The van der Waals surface area contributed by atoms with Gasteiger partial charge < -0.3 is 14.2 Å². The summed E-state index contributed by atoms with van der Waals surface area (Å²) in [6.45, 7) is 0.0680. The van der Waals surface area contributed by atoms with Crippen LogP contribution < -0.4 is 0 Å². The van der Waals surface area contributed by atoms with Gasteiger partial charge in [-0.25, -0.2) is 4.18 Å². The van der Waals surface area contributed by atoms with Crippen LogP contribution in [0, 0.1) is 0 Å². The molecule has 0 aliphatic carbocycles. The van der Waals surface area contributed by atoms with E-state index in [4.69, 9.17) is 22.6 Å². The molecule has 0 N–H and O–H groups in total. The van der Waals surface area contributed by atoms with Crippen LogP contribution in [0.25, 0.3) is 0 Å². The van der Waals surface area contributed by atoms with Gasteiger partial charge in [-0.15, -0.1) is 0 Å². The van der Waals surface area contributed by atoms with Gasteiger partial charge in [-0.3, -0.25) is 4.18 Å². The van der Waals surface area contributed by atoms with Crippen molar-refractivity contribution in [2.24, 2.45) is 0 Å². The average Bonchev–Trinajstić information content (AvgIpc) is 2.79. The van der Waals surface area contributed by atoms with Crippen molar-refractivity contribution in [1.82, 2.24) is 0 Å². The van der Waals surface area contributed by atoms with E-state index in [-0.39, 0.29) is 6.61 Å². The number of hydrogen-bond acceptors (Lipinski definition) is 9. The summed E-state index contributed by atoms with van der Waals surface area (Å²) >= 11 is 0. The molecule has 2 unspecified atom stereocenters. The minimum Gasteiger partial charge on any atom is -0.365 e. The second-order valence-corrected chi connectivity index (χ2v) is 8.64. The van der Waals surface area contributed by atoms with Gasteiger partial charge in [-0.2, -0.15) is 16.8 Å². The molecule has 1 aliphatic rings. The van der Waals surface area contributed by atoms with E-state index >= 15 is 0 Å². The lowest BCUT2D eigenvalue weighted by Crippen LogP contribution is -2.40. The quantitative estimate of drug-likeness (QED) is 0.569. The minimum absolute atomic E-state index is 0.0680. The Morgan fingerprint density at radius 3 is 2.04 bits per heavy atom. The Morgan fingerprint density at radius 1 is 0.920 bits per heavy atom. The summed E-state index contributed by atoms with van der Waals surface area (Å²) < 4.78 is 71.7. The fraction of sp³-hybridized carbons (Fsp3) is 0.571. The Morgan fingerprint density at radius 2 is 1.52 bits per heavy atom. The number of hydrogen-bond donors (Lipinski definition) is 0. The van der Waals surface area contributed by atoms with Gasteiger partial charge in [0.2, 0.25) is 6.29 Å². The summed E-state index contributed by atoms with van der Waals surface area (Å²) in [5.41, 5.74) is 0.791. The first-order chi connectivity index (χ1) is 11.6. The number of methoxy groups -OCH3 is 1. The maximum atomic E-state index is 11.5. The highest BCUT2D eigenvalue weighted by Crippen LogP contribution is 2.30. The van der Waals surface area contributed by atoms with Crippen molar-refractivity contribution in [3.63, 3.8) is 0 Å². The van der Waals surface area contributed by atoms with Crippen molar-refractivity contribution >= 4 is 20.2 Å². The van der Waals surface area contributed by atoms with Crippen LogP contribution in [-0.2, 0) is 49.4 Å². The molecule has 1 saturated heterocycles. The van der Waals surface area contributed by atoms with Crippen LogP contribution in [0.15, 0.2) is 30.3 Å². The van der Waals surface area contributed by atoms with Crippen molar-refractivity contribution in [2.75, 3.05) is 19.6 Å². The standard InChI is InChI=1S/C14H20O9S2/c1-19-13-12(22-24(2,15)16)11(14(21-13)23-25(3,17)18)20-9-10-7-5-4-6-8-10/h4-8,11-14H,9H2,1-3H3/t11-,12?,13?,14-/m1/s1. The highest BCUT2D eigenvalue weighted by Gasteiger charge is 2.50. The van der Waals surface area contributed by atoms with Gasteiger partial charge in [-0.05, 0) is 5.56 Å². The Kier molecular flexibility index (Phi) is 6.54. The predicted molar refractivity (Wildman–Crippen MR) is 86.3 cm³/mol. The first-order valence-corrected chi connectivity index (χ1v) is 10.8. The summed E-state index contributed by atoms with van der Waals surface area (Å²) in [7, 11) is -6.50. The predicted octanol–water partition coefficient (Wildman–Crippen LogP) is 0.222. The van der Waals surface area contributed by atoms with Crippen LogP contribution in [-0.4, -0.2) is 61.2 Å². The molecule has 1 aromatic carbocycles. The van der Waals surface area contributed by atoms with E-state index in [1.807, 2.05) is 6.07 Å². The molecule has 142 valence electrons. The van der Waals surface area contributed by atoms with E-state index in [9.17, 15) is 16.8 Å². The van der Waals surface area contributed by atoms with Gasteiger partial charge in [0.05, 0.1) is 19.1 Å². The topological polar surface area (TPSA) is 114 Å². The maximum Gasteiger partial charge on any atom is 0.266 e. The molecule has 9 nitrogen and oxygen atoms in total. The molecule has 0 amide bonds. The zero-order valence-corrected chi connectivity index (χ0v) is 15.5. The van der Waals surface area contributed by atoms with Crippen LogP contribution >= 0.6 is 0 Å². The van der Waals surface area contributed by atoms with E-state index in [2.05, 4.69) is 0 Å². The molecular formula is C14H20O9S2. The molecular weight excluding hydrogens is 376 g/mol. The number of rotatable bonds is 8. The number of ether oxygens (including phenoxy) is 3. The zero-order chi connectivity index (χ0) is 18.7. The third-order valence-electron chi connectivity index (χ3n) is 3.20. The Labute approximate surface area is 147 Å². The van der Waals surface area contributed by atoms with Crippen LogP contribution in [0.1, 0.15) is 5.56 Å². The highest BCUT2D eigenvalue weighted by molar-refractivity contribution is 7.86. The third kappa shape index (κ3) is 6.29. The van der Waals surface area contributed by atoms with Crippen LogP contribution in [0.5, 0.6) is 0 Å². The van der Waals surface area contributed by atoms with Gasteiger partial charge in [0.15, 0.2) is 12.4 Å². The molecule has 11 heteroatoms. The lowest BCUT2D eigenvalue weighted by atomic mass is 10.2. The van der Waals surface area contributed by atoms with Gasteiger partial charge in [0, 0.05) is 7.11 Å².